The molecule has 2 aliphatic heterocycles. The molecule has 0 atom stereocenters. The van der Waals surface area contributed by atoms with E-state index in [1.807, 2.05) is 24.9 Å². The molecule has 0 aromatic carbocycles. The lowest BCUT2D eigenvalue weighted by Crippen LogP contribution is -2.28. The van der Waals surface area contributed by atoms with Gasteiger partial charge < -0.3 is 25.3 Å². The topological polar surface area (TPSA) is 99.3 Å². The number of carbonyl (C=O) groups excluding carboxylic acids is 2. The first kappa shape index (κ1) is 18.2. The van der Waals surface area contributed by atoms with Crippen LogP contribution in [0.5, 0.6) is 0 Å². The van der Waals surface area contributed by atoms with E-state index in [0.29, 0.717) is 42.3 Å². The number of amides is 2. The van der Waals surface area contributed by atoms with Gasteiger partial charge in [0.1, 0.15) is 5.82 Å². The standard InChI is InChI=1S/C20H23N5O3/c1-12-8-15-16(23-12)9-14-13-10-18(22-11-17(13)24-20(14)27)25(2)5-3-6-28-7-4-21-19(15)26/h8-11,23H,3-7H2,1-2H3,(H,21,26)(H,24,27)/b14-9-. The van der Waals surface area contributed by atoms with Crippen LogP contribution >= 0.6 is 0 Å². The van der Waals surface area contributed by atoms with Gasteiger partial charge in [-0.25, -0.2) is 4.98 Å². The number of pyridine rings is 1. The summed E-state index contributed by atoms with van der Waals surface area (Å²) in [7, 11) is 1.97. The monoisotopic (exact) mass is 381 g/mol. The molecule has 8 nitrogen and oxygen atoms in total. The van der Waals surface area contributed by atoms with Gasteiger partial charge in [-0.05, 0) is 31.6 Å². The van der Waals surface area contributed by atoms with Crippen LogP contribution in [0.1, 0.15) is 33.7 Å². The van der Waals surface area contributed by atoms with E-state index in [2.05, 4.69) is 20.6 Å². The fourth-order valence-electron chi connectivity index (χ4n) is 3.44. The Morgan fingerprint density at radius 2 is 2.00 bits per heavy atom. The van der Waals surface area contributed by atoms with Gasteiger partial charge in [-0.1, -0.05) is 0 Å². The highest BCUT2D eigenvalue weighted by atomic mass is 16.5. The highest BCUT2D eigenvalue weighted by Gasteiger charge is 2.26. The van der Waals surface area contributed by atoms with Crippen molar-refractivity contribution in [1.82, 2.24) is 15.3 Å². The maximum Gasteiger partial charge on any atom is 0.256 e. The summed E-state index contributed by atoms with van der Waals surface area (Å²) in [5.41, 5.74) is 3.92. The Hall–Kier alpha value is -3.13. The quantitative estimate of drug-likeness (QED) is 0.646. The van der Waals surface area contributed by atoms with E-state index in [1.165, 1.54) is 0 Å². The molecule has 4 heterocycles. The number of hydrogen-bond donors (Lipinski definition) is 3. The Bertz CT molecular complexity index is 963. The molecule has 2 bridgehead atoms. The van der Waals surface area contributed by atoms with Crippen LogP contribution in [-0.2, 0) is 9.53 Å². The summed E-state index contributed by atoms with van der Waals surface area (Å²) in [4.78, 5) is 34.8. The Morgan fingerprint density at radius 1 is 1.14 bits per heavy atom. The van der Waals surface area contributed by atoms with Crippen molar-refractivity contribution in [3.05, 3.63) is 40.8 Å². The first-order valence-corrected chi connectivity index (χ1v) is 9.33. The van der Waals surface area contributed by atoms with Crippen LogP contribution in [-0.4, -0.2) is 55.1 Å². The Balaban J connectivity index is 1.80. The van der Waals surface area contributed by atoms with Gasteiger partial charge in [0.2, 0.25) is 0 Å². The molecule has 2 aliphatic rings. The molecule has 0 unspecified atom stereocenters. The Kier molecular flexibility index (Phi) is 4.87. The maximum atomic E-state index is 12.6. The van der Waals surface area contributed by atoms with E-state index in [1.54, 1.807) is 18.3 Å². The van der Waals surface area contributed by atoms with Gasteiger partial charge in [0.05, 0.1) is 35.3 Å². The van der Waals surface area contributed by atoms with E-state index in [9.17, 15) is 9.59 Å². The summed E-state index contributed by atoms with van der Waals surface area (Å²) in [5.74, 6) is 0.388. The average Bonchev–Trinajstić information content (AvgIpc) is 3.19. The zero-order chi connectivity index (χ0) is 19.7. The number of hydrogen-bond acceptors (Lipinski definition) is 5. The van der Waals surface area contributed by atoms with E-state index in [-0.39, 0.29) is 11.8 Å². The maximum absolute atomic E-state index is 12.6. The lowest BCUT2D eigenvalue weighted by atomic mass is 10.1. The first-order chi connectivity index (χ1) is 13.5. The van der Waals surface area contributed by atoms with Crippen LogP contribution in [0, 0.1) is 6.92 Å². The summed E-state index contributed by atoms with van der Waals surface area (Å²) in [5, 5.41) is 5.72. The number of nitrogens with zero attached hydrogens (tertiary/aromatic N) is 2. The zero-order valence-corrected chi connectivity index (χ0v) is 16.0. The van der Waals surface area contributed by atoms with E-state index >= 15 is 0 Å². The lowest BCUT2D eigenvalue weighted by Gasteiger charge is -2.19. The number of aromatic amines is 1. The predicted octanol–water partition coefficient (Wildman–Crippen LogP) is 1.80. The van der Waals surface area contributed by atoms with Crippen LogP contribution in [0.15, 0.2) is 18.3 Å². The molecule has 0 aliphatic carbocycles. The number of rotatable bonds is 0. The van der Waals surface area contributed by atoms with Crippen LogP contribution < -0.4 is 15.5 Å². The molecular formula is C20H23N5O3. The van der Waals surface area contributed by atoms with Crippen molar-refractivity contribution in [3.63, 3.8) is 0 Å². The highest BCUT2D eigenvalue weighted by molar-refractivity contribution is 6.35. The van der Waals surface area contributed by atoms with Gasteiger partial charge in [-0.2, -0.15) is 0 Å². The number of aromatic nitrogens is 2. The molecule has 0 saturated carbocycles. The molecular weight excluding hydrogens is 358 g/mol. The third kappa shape index (κ3) is 3.50. The number of H-pyrrole nitrogens is 1. The number of aryl methyl sites for hydroxylation is 1. The number of carbonyl (C=O) groups is 2. The number of nitrogens with one attached hydrogen (secondary N) is 3. The van der Waals surface area contributed by atoms with Gasteiger partial charge in [0, 0.05) is 38.0 Å². The summed E-state index contributed by atoms with van der Waals surface area (Å²) < 4.78 is 5.60. The first-order valence-electron chi connectivity index (χ1n) is 9.33. The van der Waals surface area contributed by atoms with Gasteiger partial charge in [-0.15, -0.1) is 0 Å². The van der Waals surface area contributed by atoms with Crippen molar-refractivity contribution in [2.45, 2.75) is 13.3 Å². The molecule has 2 amide bonds. The minimum atomic E-state index is -0.204. The summed E-state index contributed by atoms with van der Waals surface area (Å²) >= 11 is 0. The van der Waals surface area contributed by atoms with Gasteiger partial charge in [0.25, 0.3) is 11.8 Å². The third-order valence-corrected chi connectivity index (χ3v) is 4.89. The van der Waals surface area contributed by atoms with Crippen LogP contribution in [0.25, 0.3) is 11.6 Å². The number of fused-ring (bicyclic) bond motifs is 2. The molecule has 2 aromatic rings. The minimum absolute atomic E-state index is 0.194. The molecule has 0 fully saturated rings. The summed E-state index contributed by atoms with van der Waals surface area (Å²) in [6.45, 7) is 4.14. The average molecular weight is 381 g/mol. The van der Waals surface area contributed by atoms with Crippen molar-refractivity contribution in [2.75, 3.05) is 43.6 Å². The second-order valence-electron chi connectivity index (χ2n) is 7.02. The van der Waals surface area contributed by atoms with Gasteiger partial charge in [0.15, 0.2) is 0 Å². The number of anilines is 2. The highest BCUT2D eigenvalue weighted by Crippen LogP contribution is 2.35. The molecule has 0 spiro atoms. The van der Waals surface area contributed by atoms with Crippen molar-refractivity contribution >= 4 is 35.0 Å². The normalized spacial score (nSPS) is 19.5. The minimum Gasteiger partial charge on any atom is -0.380 e. The summed E-state index contributed by atoms with van der Waals surface area (Å²) in [6.07, 6.45) is 4.24. The molecule has 28 heavy (non-hydrogen) atoms. The van der Waals surface area contributed by atoms with Crippen molar-refractivity contribution in [3.8, 4) is 0 Å². The molecule has 3 N–H and O–H groups in total. The van der Waals surface area contributed by atoms with E-state index in [0.717, 1.165) is 30.0 Å². The van der Waals surface area contributed by atoms with Crippen molar-refractivity contribution < 1.29 is 14.3 Å². The van der Waals surface area contributed by atoms with Crippen molar-refractivity contribution in [2.24, 2.45) is 0 Å². The van der Waals surface area contributed by atoms with Crippen LogP contribution in [0.4, 0.5) is 11.5 Å². The third-order valence-electron chi connectivity index (χ3n) is 4.89. The van der Waals surface area contributed by atoms with Gasteiger partial charge >= 0.3 is 0 Å². The van der Waals surface area contributed by atoms with Crippen molar-refractivity contribution in [1.29, 1.82) is 0 Å². The molecule has 0 saturated heterocycles. The Labute approximate surface area is 163 Å². The second-order valence-corrected chi connectivity index (χ2v) is 7.02. The molecule has 0 radical (unpaired) electrons. The Morgan fingerprint density at radius 3 is 2.86 bits per heavy atom. The van der Waals surface area contributed by atoms with E-state index < -0.39 is 0 Å². The van der Waals surface area contributed by atoms with Crippen LogP contribution in [0.3, 0.4) is 0 Å². The molecule has 146 valence electrons. The van der Waals surface area contributed by atoms with E-state index in [4.69, 9.17) is 4.74 Å². The molecule has 4 rings (SSSR count). The second kappa shape index (κ2) is 7.47. The smallest absolute Gasteiger partial charge is 0.256 e. The SMILES string of the molecule is Cc1cc2c([nH]1)/C=C1\C(=O)Nc3cnc(cc31)N(C)CCCOCCNC2=O. The fraction of sp³-hybridized carbons (Fsp3) is 0.350. The number of ether oxygens (including phenoxy) is 1. The predicted molar refractivity (Wildman–Crippen MR) is 107 cm³/mol. The fourth-order valence-corrected chi connectivity index (χ4v) is 3.44. The molecule has 8 heteroatoms. The summed E-state index contributed by atoms with van der Waals surface area (Å²) in [6, 6.07) is 3.69. The molecule has 2 aromatic heterocycles. The van der Waals surface area contributed by atoms with Gasteiger partial charge in [-0.3, -0.25) is 9.59 Å². The largest absolute Gasteiger partial charge is 0.380 e. The van der Waals surface area contributed by atoms with Crippen LogP contribution in [0.2, 0.25) is 0 Å². The lowest BCUT2D eigenvalue weighted by molar-refractivity contribution is -0.110. The zero-order valence-electron chi connectivity index (χ0n) is 16.0.